The Balaban J connectivity index is 1.87. The van der Waals surface area contributed by atoms with Gasteiger partial charge in [0.05, 0.1) is 19.5 Å². The predicted octanol–water partition coefficient (Wildman–Crippen LogP) is -0.692. The quantitative estimate of drug-likeness (QED) is 0.640. The van der Waals surface area contributed by atoms with Gasteiger partial charge in [-0.3, -0.25) is 9.69 Å². The number of thioether (sulfide) groups is 1. The van der Waals surface area contributed by atoms with E-state index in [4.69, 9.17) is 4.74 Å². The van der Waals surface area contributed by atoms with Crippen molar-refractivity contribution in [2.24, 2.45) is 0 Å². The summed E-state index contributed by atoms with van der Waals surface area (Å²) in [5.41, 5.74) is 0. The minimum atomic E-state index is -0.407. The molecule has 0 N–H and O–H groups in total. The highest BCUT2D eigenvalue weighted by Gasteiger charge is 2.35. The molecule has 2 saturated heterocycles. The molecule has 19 heavy (non-hydrogen) atoms. The van der Waals surface area contributed by atoms with Crippen molar-refractivity contribution >= 4 is 23.6 Å². The van der Waals surface area contributed by atoms with Crippen LogP contribution >= 0.6 is 11.8 Å². The number of hydrogen-bond donors (Lipinski definition) is 0. The molecule has 1 amide bonds. The van der Waals surface area contributed by atoms with Gasteiger partial charge in [-0.2, -0.15) is 0 Å². The fraction of sp³-hybridized carbons (Fsp3) is 0.833. The van der Waals surface area contributed by atoms with Crippen LogP contribution in [0.5, 0.6) is 0 Å². The highest BCUT2D eigenvalue weighted by molar-refractivity contribution is 7.99. The van der Waals surface area contributed by atoms with Crippen LogP contribution in [0, 0.1) is 0 Å². The second-order valence-corrected chi connectivity index (χ2v) is 5.98. The summed E-state index contributed by atoms with van der Waals surface area (Å²) < 4.78 is 4.75. The van der Waals surface area contributed by atoms with E-state index in [-0.39, 0.29) is 11.9 Å². The molecule has 0 aromatic rings. The molecule has 2 fully saturated rings. The van der Waals surface area contributed by atoms with Crippen molar-refractivity contribution in [2.75, 3.05) is 58.5 Å². The van der Waals surface area contributed by atoms with Gasteiger partial charge in [0.15, 0.2) is 0 Å². The van der Waals surface area contributed by atoms with Crippen LogP contribution < -0.4 is 0 Å². The molecule has 2 aliphatic heterocycles. The topological polar surface area (TPSA) is 53.1 Å². The Labute approximate surface area is 118 Å². The predicted molar refractivity (Wildman–Crippen MR) is 73.9 cm³/mol. The molecule has 0 bridgehead atoms. The fourth-order valence-corrected chi connectivity index (χ4v) is 3.47. The Hall–Kier alpha value is -0.790. The Morgan fingerprint density at radius 1 is 1.26 bits per heavy atom. The number of carbonyl (C=O) groups is 2. The Bertz CT molecular complexity index is 345. The van der Waals surface area contributed by atoms with Crippen molar-refractivity contribution in [1.82, 2.24) is 14.7 Å². The van der Waals surface area contributed by atoms with Gasteiger partial charge < -0.3 is 14.5 Å². The smallest absolute Gasteiger partial charge is 0.329 e. The number of methoxy groups -OCH3 is 1. The third-order valence-corrected chi connectivity index (χ3v) is 4.64. The van der Waals surface area contributed by atoms with Gasteiger partial charge in [0.1, 0.15) is 6.04 Å². The number of ether oxygens (including phenoxy) is 1. The van der Waals surface area contributed by atoms with Crippen LogP contribution in [0.2, 0.25) is 0 Å². The van der Waals surface area contributed by atoms with Crippen LogP contribution in [0.25, 0.3) is 0 Å². The number of piperazine rings is 1. The molecule has 0 aromatic carbocycles. The van der Waals surface area contributed by atoms with Gasteiger partial charge in [-0.15, -0.1) is 11.8 Å². The van der Waals surface area contributed by atoms with Gasteiger partial charge >= 0.3 is 5.97 Å². The third-order valence-electron chi connectivity index (χ3n) is 3.63. The molecule has 1 unspecified atom stereocenters. The molecule has 6 nitrogen and oxygen atoms in total. The lowest BCUT2D eigenvalue weighted by Crippen LogP contribution is -2.51. The zero-order chi connectivity index (χ0) is 13.8. The van der Waals surface area contributed by atoms with Crippen molar-refractivity contribution in [1.29, 1.82) is 0 Å². The normalized spacial score (nSPS) is 25.6. The van der Waals surface area contributed by atoms with Crippen LogP contribution in [0.4, 0.5) is 0 Å². The van der Waals surface area contributed by atoms with E-state index in [1.54, 1.807) is 16.7 Å². The Morgan fingerprint density at radius 3 is 2.58 bits per heavy atom. The highest BCUT2D eigenvalue weighted by Crippen LogP contribution is 2.22. The molecular formula is C12H21N3O3S. The zero-order valence-electron chi connectivity index (χ0n) is 11.5. The maximum absolute atomic E-state index is 12.3. The first-order valence-corrected chi connectivity index (χ1v) is 7.63. The molecule has 0 spiro atoms. The standard InChI is InChI=1S/C12H21N3O3S/c1-13-3-5-14(6-4-13)7-11(16)15-9-19-8-10(15)12(17)18-2/h10H,3-9H2,1-2H3. The van der Waals surface area contributed by atoms with Gasteiger partial charge in [-0.05, 0) is 7.05 Å². The summed E-state index contributed by atoms with van der Waals surface area (Å²) in [7, 11) is 3.46. The number of esters is 1. The minimum Gasteiger partial charge on any atom is -0.467 e. The molecule has 7 heteroatoms. The lowest BCUT2D eigenvalue weighted by atomic mass is 10.2. The molecular weight excluding hydrogens is 266 g/mol. The van der Waals surface area contributed by atoms with Crippen LogP contribution in [-0.4, -0.2) is 91.1 Å². The Kier molecular flexibility index (Phi) is 5.06. The van der Waals surface area contributed by atoms with Gasteiger partial charge in [0, 0.05) is 31.9 Å². The molecule has 0 saturated carbocycles. The lowest BCUT2D eigenvalue weighted by molar-refractivity contribution is -0.150. The molecule has 0 aliphatic carbocycles. The molecule has 2 aliphatic rings. The first kappa shape index (κ1) is 14.6. The minimum absolute atomic E-state index is 0.0324. The van der Waals surface area contributed by atoms with Crippen LogP contribution in [0.3, 0.4) is 0 Å². The van der Waals surface area contributed by atoms with E-state index in [0.29, 0.717) is 18.2 Å². The van der Waals surface area contributed by atoms with Gasteiger partial charge in [0.2, 0.25) is 5.91 Å². The van der Waals surface area contributed by atoms with Crippen LogP contribution in [0.1, 0.15) is 0 Å². The van der Waals surface area contributed by atoms with Crippen molar-refractivity contribution in [3.05, 3.63) is 0 Å². The van der Waals surface area contributed by atoms with E-state index in [1.807, 2.05) is 0 Å². The molecule has 2 heterocycles. The van der Waals surface area contributed by atoms with Gasteiger partial charge in [-0.25, -0.2) is 4.79 Å². The second-order valence-electron chi connectivity index (χ2n) is 4.98. The van der Waals surface area contributed by atoms with E-state index >= 15 is 0 Å². The van der Waals surface area contributed by atoms with E-state index in [9.17, 15) is 9.59 Å². The monoisotopic (exact) mass is 287 g/mol. The van der Waals surface area contributed by atoms with Crippen LogP contribution in [0.15, 0.2) is 0 Å². The number of nitrogens with zero attached hydrogens (tertiary/aromatic N) is 3. The second kappa shape index (κ2) is 6.58. The van der Waals surface area contributed by atoms with Crippen molar-refractivity contribution in [2.45, 2.75) is 6.04 Å². The Morgan fingerprint density at radius 2 is 1.95 bits per heavy atom. The lowest BCUT2D eigenvalue weighted by Gasteiger charge is -2.33. The van der Waals surface area contributed by atoms with E-state index < -0.39 is 6.04 Å². The number of carbonyl (C=O) groups excluding carboxylic acids is 2. The number of hydrogen-bond acceptors (Lipinski definition) is 6. The summed E-state index contributed by atoms with van der Waals surface area (Å²) in [6, 6.07) is -0.407. The molecule has 2 rings (SSSR count). The molecule has 0 aromatic heterocycles. The van der Waals surface area contributed by atoms with Gasteiger partial charge in [-0.1, -0.05) is 0 Å². The first-order chi connectivity index (χ1) is 9.11. The zero-order valence-corrected chi connectivity index (χ0v) is 12.3. The van der Waals surface area contributed by atoms with Crippen molar-refractivity contribution in [3.8, 4) is 0 Å². The summed E-state index contributed by atoms with van der Waals surface area (Å²) in [5.74, 6) is 0.953. The third kappa shape index (κ3) is 3.61. The summed E-state index contributed by atoms with van der Waals surface area (Å²) in [5, 5.41) is 0. The number of rotatable bonds is 3. The van der Waals surface area contributed by atoms with Crippen molar-refractivity contribution < 1.29 is 14.3 Å². The number of likely N-dealkylation sites (N-methyl/N-ethyl adjacent to an activating group) is 1. The SMILES string of the molecule is COC(=O)C1CSCN1C(=O)CN1CCN(C)CC1. The van der Waals surface area contributed by atoms with Gasteiger partial charge in [0.25, 0.3) is 0 Å². The average Bonchev–Trinajstić information content (AvgIpc) is 2.90. The van der Waals surface area contributed by atoms with Crippen molar-refractivity contribution in [3.63, 3.8) is 0 Å². The maximum atomic E-state index is 12.3. The van der Waals surface area contributed by atoms with E-state index in [1.165, 1.54) is 7.11 Å². The summed E-state index contributed by atoms with van der Waals surface area (Å²) in [6.07, 6.45) is 0. The average molecular weight is 287 g/mol. The number of amides is 1. The molecule has 108 valence electrons. The fourth-order valence-electron chi connectivity index (χ4n) is 2.31. The summed E-state index contributed by atoms with van der Waals surface area (Å²) in [6.45, 7) is 4.20. The summed E-state index contributed by atoms with van der Waals surface area (Å²) in [4.78, 5) is 29.9. The largest absolute Gasteiger partial charge is 0.467 e. The van der Waals surface area contributed by atoms with E-state index in [0.717, 1.165) is 26.2 Å². The first-order valence-electron chi connectivity index (χ1n) is 6.47. The summed E-state index contributed by atoms with van der Waals surface area (Å²) >= 11 is 1.60. The molecule has 1 atom stereocenters. The van der Waals surface area contributed by atoms with E-state index in [2.05, 4.69) is 16.8 Å². The maximum Gasteiger partial charge on any atom is 0.329 e. The van der Waals surface area contributed by atoms with Crippen LogP contribution in [-0.2, 0) is 14.3 Å². The highest BCUT2D eigenvalue weighted by atomic mass is 32.2. The molecule has 0 radical (unpaired) electrons.